The van der Waals surface area contributed by atoms with Crippen LogP contribution < -0.4 is 4.72 Å². The molecule has 0 aliphatic heterocycles. The third-order valence-corrected chi connectivity index (χ3v) is 5.03. The third kappa shape index (κ3) is 3.50. The molecular weight excluding hydrogens is 294 g/mol. The van der Waals surface area contributed by atoms with Gasteiger partial charge in [0.25, 0.3) is 10.0 Å². The highest BCUT2D eigenvalue weighted by molar-refractivity contribution is 7.92. The third-order valence-electron chi connectivity index (χ3n) is 3.66. The summed E-state index contributed by atoms with van der Waals surface area (Å²) in [5.74, 6) is 0.486. The molecule has 0 saturated carbocycles. The van der Waals surface area contributed by atoms with Crippen molar-refractivity contribution in [2.75, 3.05) is 4.72 Å². The van der Waals surface area contributed by atoms with Gasteiger partial charge in [0.15, 0.2) is 0 Å². The van der Waals surface area contributed by atoms with E-state index in [-0.39, 0.29) is 16.7 Å². The SMILES string of the molecule is CC(C)c1cccc(C(C)C)c1NS(=O)(=O)c1ccccc1. The van der Waals surface area contributed by atoms with E-state index in [4.69, 9.17) is 0 Å². The van der Waals surface area contributed by atoms with Gasteiger partial charge in [-0.2, -0.15) is 0 Å². The Morgan fingerprint density at radius 2 is 1.27 bits per heavy atom. The monoisotopic (exact) mass is 317 g/mol. The Morgan fingerprint density at radius 1 is 0.773 bits per heavy atom. The van der Waals surface area contributed by atoms with Gasteiger partial charge >= 0.3 is 0 Å². The number of para-hydroxylation sites is 1. The molecule has 0 spiro atoms. The summed E-state index contributed by atoms with van der Waals surface area (Å²) in [5.41, 5.74) is 2.76. The highest BCUT2D eigenvalue weighted by Gasteiger charge is 2.20. The first-order valence-corrected chi connectivity index (χ1v) is 9.02. The molecular formula is C18H23NO2S. The highest BCUT2D eigenvalue weighted by Crippen LogP contribution is 2.33. The lowest BCUT2D eigenvalue weighted by atomic mass is 9.93. The first-order valence-electron chi connectivity index (χ1n) is 7.53. The van der Waals surface area contributed by atoms with Crippen molar-refractivity contribution in [2.24, 2.45) is 0 Å². The normalized spacial score (nSPS) is 11.9. The van der Waals surface area contributed by atoms with E-state index in [0.29, 0.717) is 0 Å². The van der Waals surface area contributed by atoms with Crippen molar-refractivity contribution in [1.29, 1.82) is 0 Å². The van der Waals surface area contributed by atoms with Crippen LogP contribution in [-0.2, 0) is 10.0 Å². The second-order valence-corrected chi connectivity index (χ2v) is 7.72. The fourth-order valence-electron chi connectivity index (χ4n) is 2.46. The minimum absolute atomic E-state index is 0.243. The molecule has 0 saturated heterocycles. The predicted molar refractivity (Wildman–Crippen MR) is 91.9 cm³/mol. The molecule has 0 bridgehead atoms. The zero-order valence-corrected chi connectivity index (χ0v) is 14.3. The molecule has 2 rings (SSSR count). The van der Waals surface area contributed by atoms with Gasteiger partial charge in [-0.3, -0.25) is 4.72 Å². The molecule has 22 heavy (non-hydrogen) atoms. The molecule has 118 valence electrons. The Hall–Kier alpha value is -1.81. The lowest BCUT2D eigenvalue weighted by Gasteiger charge is -2.20. The van der Waals surface area contributed by atoms with Gasteiger partial charge in [-0.15, -0.1) is 0 Å². The van der Waals surface area contributed by atoms with Gasteiger partial charge in [-0.25, -0.2) is 8.42 Å². The second kappa shape index (κ2) is 6.53. The molecule has 1 N–H and O–H groups in total. The zero-order chi connectivity index (χ0) is 16.3. The number of hydrogen-bond acceptors (Lipinski definition) is 2. The Morgan fingerprint density at radius 3 is 1.73 bits per heavy atom. The fourth-order valence-corrected chi connectivity index (χ4v) is 3.60. The fraction of sp³-hybridized carbons (Fsp3) is 0.333. The van der Waals surface area contributed by atoms with Crippen molar-refractivity contribution >= 4 is 15.7 Å². The van der Waals surface area contributed by atoms with Gasteiger partial charge in [0.1, 0.15) is 0 Å². The van der Waals surface area contributed by atoms with Crippen LogP contribution in [0.4, 0.5) is 5.69 Å². The minimum Gasteiger partial charge on any atom is -0.279 e. The van der Waals surface area contributed by atoms with E-state index in [1.54, 1.807) is 30.3 Å². The topological polar surface area (TPSA) is 46.2 Å². The van der Waals surface area contributed by atoms with Crippen LogP contribution in [0.15, 0.2) is 53.4 Å². The number of hydrogen-bond donors (Lipinski definition) is 1. The van der Waals surface area contributed by atoms with Crippen LogP contribution in [0.1, 0.15) is 50.7 Å². The molecule has 0 radical (unpaired) electrons. The lowest BCUT2D eigenvalue weighted by Crippen LogP contribution is -2.16. The maximum atomic E-state index is 12.6. The number of benzene rings is 2. The molecule has 2 aromatic rings. The van der Waals surface area contributed by atoms with Crippen LogP contribution in [0.25, 0.3) is 0 Å². The van der Waals surface area contributed by atoms with Gasteiger partial charge in [0.2, 0.25) is 0 Å². The first-order chi connectivity index (χ1) is 10.3. The summed E-state index contributed by atoms with van der Waals surface area (Å²) in [5, 5.41) is 0. The lowest BCUT2D eigenvalue weighted by molar-refractivity contribution is 0.601. The Bertz CT molecular complexity index is 709. The van der Waals surface area contributed by atoms with Crippen LogP contribution in [0.5, 0.6) is 0 Å². The van der Waals surface area contributed by atoms with Crippen LogP contribution in [0.2, 0.25) is 0 Å². The van der Waals surface area contributed by atoms with Crippen molar-refractivity contribution in [3.05, 3.63) is 59.7 Å². The molecule has 0 fully saturated rings. The average molecular weight is 317 g/mol. The molecule has 0 aliphatic carbocycles. The minimum atomic E-state index is -3.58. The molecule has 0 aromatic heterocycles. The molecule has 3 nitrogen and oxygen atoms in total. The van der Waals surface area contributed by atoms with Crippen molar-refractivity contribution in [3.63, 3.8) is 0 Å². The standard InChI is InChI=1S/C18H23NO2S/c1-13(2)16-11-8-12-17(14(3)4)18(16)19-22(20,21)15-9-6-5-7-10-15/h5-14,19H,1-4H3. The summed E-state index contributed by atoms with van der Waals surface area (Å²) >= 11 is 0. The predicted octanol–water partition coefficient (Wildman–Crippen LogP) is 4.73. The maximum Gasteiger partial charge on any atom is 0.261 e. The van der Waals surface area contributed by atoms with Gasteiger partial charge in [0, 0.05) is 0 Å². The number of anilines is 1. The molecule has 0 aliphatic rings. The number of nitrogens with one attached hydrogen (secondary N) is 1. The highest BCUT2D eigenvalue weighted by atomic mass is 32.2. The van der Waals surface area contributed by atoms with E-state index in [2.05, 4.69) is 32.4 Å². The molecule has 0 unspecified atom stereocenters. The molecule has 4 heteroatoms. The Kier molecular flexibility index (Phi) is 4.91. The van der Waals surface area contributed by atoms with Crippen LogP contribution in [-0.4, -0.2) is 8.42 Å². The smallest absolute Gasteiger partial charge is 0.261 e. The van der Waals surface area contributed by atoms with Crippen molar-refractivity contribution in [3.8, 4) is 0 Å². The average Bonchev–Trinajstić information content (AvgIpc) is 2.47. The summed E-state index contributed by atoms with van der Waals surface area (Å²) in [4.78, 5) is 0.281. The van der Waals surface area contributed by atoms with Gasteiger partial charge < -0.3 is 0 Å². The van der Waals surface area contributed by atoms with Crippen molar-refractivity contribution in [1.82, 2.24) is 0 Å². The van der Waals surface area contributed by atoms with Gasteiger partial charge in [-0.1, -0.05) is 64.1 Å². The summed E-state index contributed by atoms with van der Waals surface area (Å²) < 4.78 is 28.1. The van der Waals surface area contributed by atoms with Crippen molar-refractivity contribution < 1.29 is 8.42 Å². The number of rotatable bonds is 5. The van der Waals surface area contributed by atoms with E-state index in [1.807, 2.05) is 18.2 Å². The van der Waals surface area contributed by atoms with Crippen LogP contribution in [0, 0.1) is 0 Å². The summed E-state index contributed by atoms with van der Waals surface area (Å²) in [6, 6.07) is 14.4. The number of sulfonamides is 1. The quantitative estimate of drug-likeness (QED) is 0.866. The Labute approximate surface area is 133 Å². The van der Waals surface area contributed by atoms with E-state index in [0.717, 1.165) is 16.8 Å². The summed E-state index contributed by atoms with van der Waals surface area (Å²) in [7, 11) is -3.58. The Balaban J connectivity index is 2.53. The van der Waals surface area contributed by atoms with E-state index in [1.165, 1.54) is 0 Å². The molecule has 2 aromatic carbocycles. The summed E-state index contributed by atoms with van der Waals surface area (Å²) in [6.45, 7) is 8.28. The second-order valence-electron chi connectivity index (χ2n) is 6.04. The van der Waals surface area contributed by atoms with Crippen LogP contribution in [0.3, 0.4) is 0 Å². The maximum absolute atomic E-state index is 12.6. The van der Waals surface area contributed by atoms with Gasteiger partial charge in [0.05, 0.1) is 10.6 Å². The van der Waals surface area contributed by atoms with Crippen LogP contribution >= 0.6 is 0 Å². The van der Waals surface area contributed by atoms with Crippen molar-refractivity contribution in [2.45, 2.75) is 44.4 Å². The molecule has 0 atom stereocenters. The summed E-state index contributed by atoms with van der Waals surface area (Å²) in [6.07, 6.45) is 0. The van der Waals surface area contributed by atoms with E-state index in [9.17, 15) is 8.42 Å². The zero-order valence-electron chi connectivity index (χ0n) is 13.5. The largest absolute Gasteiger partial charge is 0.279 e. The first kappa shape index (κ1) is 16.6. The molecule has 0 heterocycles. The molecule has 0 amide bonds. The van der Waals surface area contributed by atoms with E-state index < -0.39 is 10.0 Å². The van der Waals surface area contributed by atoms with E-state index >= 15 is 0 Å². The van der Waals surface area contributed by atoms with Gasteiger partial charge in [-0.05, 0) is 35.1 Å².